The number of alkyl halides is 1. The topological polar surface area (TPSA) is 54.5 Å². The molecule has 1 aromatic carbocycles. The number of halogens is 1. The van der Waals surface area contributed by atoms with Crippen molar-refractivity contribution in [2.75, 3.05) is 0 Å². The van der Waals surface area contributed by atoms with Crippen LogP contribution in [0.4, 0.5) is 0 Å². The highest BCUT2D eigenvalue weighted by atomic mass is 35.5. The van der Waals surface area contributed by atoms with Gasteiger partial charge in [0.1, 0.15) is 17.4 Å². The van der Waals surface area contributed by atoms with E-state index >= 15 is 0 Å². The Balaban J connectivity index is 2.40. The van der Waals surface area contributed by atoms with Crippen molar-refractivity contribution < 1.29 is 0 Å². The van der Waals surface area contributed by atoms with E-state index in [0.717, 1.165) is 11.2 Å². The van der Waals surface area contributed by atoms with E-state index in [1.54, 1.807) is 12.3 Å². The van der Waals surface area contributed by atoms with Crippen LogP contribution in [0.2, 0.25) is 0 Å². The van der Waals surface area contributed by atoms with Crippen molar-refractivity contribution in [3.8, 4) is 11.8 Å². The van der Waals surface area contributed by atoms with E-state index < -0.39 is 0 Å². The minimum atomic E-state index is -0.282. The molecule has 0 aliphatic heterocycles. The van der Waals surface area contributed by atoms with Gasteiger partial charge >= 0.3 is 0 Å². The normalized spacial score (nSPS) is 12.2. The van der Waals surface area contributed by atoms with Gasteiger partial charge in [0.25, 0.3) is 0 Å². The monoisotopic (exact) mass is 282 g/mol. The fourth-order valence-corrected chi connectivity index (χ4v) is 2.34. The lowest BCUT2D eigenvalue weighted by molar-refractivity contribution is 0.875. The smallest absolute Gasteiger partial charge is 0.164 e. The molecule has 2 heterocycles. The fraction of sp³-hybridized carbons (Fsp3) is 0.133. The van der Waals surface area contributed by atoms with Crippen LogP contribution in [0.25, 0.3) is 16.9 Å². The molecular weight excluding hydrogens is 272 g/mol. The van der Waals surface area contributed by atoms with Crippen LogP contribution in [0.3, 0.4) is 0 Å². The van der Waals surface area contributed by atoms with Crippen molar-refractivity contribution in [1.82, 2.24) is 14.5 Å². The van der Waals surface area contributed by atoms with Crippen LogP contribution in [0.15, 0.2) is 42.6 Å². The zero-order chi connectivity index (χ0) is 14.1. The number of para-hydroxylation sites is 1. The molecule has 3 rings (SSSR count). The summed E-state index contributed by atoms with van der Waals surface area (Å²) < 4.78 is 1.85. The van der Waals surface area contributed by atoms with Gasteiger partial charge in [-0.25, -0.2) is 9.97 Å². The Morgan fingerprint density at radius 3 is 2.80 bits per heavy atom. The molecule has 0 saturated heterocycles. The van der Waals surface area contributed by atoms with Gasteiger partial charge in [-0.1, -0.05) is 12.1 Å². The van der Waals surface area contributed by atoms with Crippen LogP contribution in [0, 0.1) is 11.3 Å². The van der Waals surface area contributed by atoms with Gasteiger partial charge in [0.2, 0.25) is 0 Å². The van der Waals surface area contributed by atoms with Crippen molar-refractivity contribution in [3.05, 3.63) is 54.0 Å². The lowest BCUT2D eigenvalue weighted by Gasteiger charge is -2.11. The molecule has 4 nitrogen and oxygen atoms in total. The third kappa shape index (κ3) is 1.93. The van der Waals surface area contributed by atoms with Crippen LogP contribution in [-0.4, -0.2) is 14.5 Å². The van der Waals surface area contributed by atoms with Crippen LogP contribution in [0.1, 0.15) is 23.7 Å². The molecular formula is C15H11ClN4. The van der Waals surface area contributed by atoms with E-state index in [1.165, 1.54) is 0 Å². The Labute approximate surface area is 121 Å². The maximum absolute atomic E-state index is 9.28. The van der Waals surface area contributed by atoms with Gasteiger partial charge in [-0.3, -0.25) is 4.57 Å². The Bertz CT molecular complexity index is 814. The molecule has 20 heavy (non-hydrogen) atoms. The molecule has 0 saturated carbocycles. The Hall–Kier alpha value is -2.38. The quantitative estimate of drug-likeness (QED) is 0.675. The molecule has 0 amide bonds. The predicted octanol–water partition coefficient (Wildman–Crippen LogP) is 3.59. The number of nitriles is 1. The lowest BCUT2D eigenvalue weighted by Crippen LogP contribution is -2.04. The lowest BCUT2D eigenvalue weighted by atomic mass is 10.2. The third-order valence-corrected chi connectivity index (χ3v) is 3.26. The van der Waals surface area contributed by atoms with Crippen molar-refractivity contribution in [2.24, 2.45) is 0 Å². The highest BCUT2D eigenvalue weighted by Crippen LogP contribution is 2.28. The molecule has 0 N–H and O–H groups in total. The molecule has 1 unspecified atom stereocenters. The summed E-state index contributed by atoms with van der Waals surface area (Å²) in [5.41, 5.74) is 2.79. The summed E-state index contributed by atoms with van der Waals surface area (Å²) in [4.78, 5) is 8.89. The van der Waals surface area contributed by atoms with Gasteiger partial charge in [0, 0.05) is 6.20 Å². The van der Waals surface area contributed by atoms with Crippen molar-refractivity contribution in [1.29, 1.82) is 5.26 Å². The zero-order valence-corrected chi connectivity index (χ0v) is 11.5. The largest absolute Gasteiger partial charge is 0.278 e. The number of rotatable bonds is 2. The molecule has 0 fully saturated rings. The number of benzene rings is 1. The first-order chi connectivity index (χ1) is 9.72. The van der Waals surface area contributed by atoms with Gasteiger partial charge in [-0.15, -0.1) is 11.6 Å². The summed E-state index contributed by atoms with van der Waals surface area (Å²) in [6.07, 6.45) is 1.71. The first-order valence-corrected chi connectivity index (χ1v) is 6.63. The third-order valence-electron chi connectivity index (χ3n) is 3.06. The number of hydrogen-bond acceptors (Lipinski definition) is 3. The molecule has 98 valence electrons. The summed E-state index contributed by atoms with van der Waals surface area (Å²) in [6.45, 7) is 1.86. The molecule has 0 bridgehead atoms. The summed E-state index contributed by atoms with van der Waals surface area (Å²) in [7, 11) is 0. The maximum atomic E-state index is 9.28. The Morgan fingerprint density at radius 2 is 2.05 bits per heavy atom. The molecule has 5 heteroatoms. The second kappa shape index (κ2) is 4.95. The Morgan fingerprint density at radius 1 is 1.25 bits per heavy atom. The molecule has 0 aliphatic rings. The first-order valence-electron chi connectivity index (χ1n) is 6.19. The van der Waals surface area contributed by atoms with E-state index in [1.807, 2.05) is 41.8 Å². The van der Waals surface area contributed by atoms with E-state index in [9.17, 15) is 5.26 Å². The number of aromatic nitrogens is 3. The maximum Gasteiger partial charge on any atom is 0.164 e. The number of fused-ring (bicyclic) bond motifs is 1. The molecule has 3 aromatic rings. The minimum absolute atomic E-state index is 0.282. The predicted molar refractivity (Wildman–Crippen MR) is 77.8 cm³/mol. The Kier molecular flexibility index (Phi) is 3.13. The SMILES string of the molecule is CC(Cl)c1nc2cccnc2n1-c1ccccc1C#N. The summed E-state index contributed by atoms with van der Waals surface area (Å²) in [5, 5.41) is 9.00. The number of pyridine rings is 1. The number of imidazole rings is 1. The minimum Gasteiger partial charge on any atom is -0.278 e. The van der Waals surface area contributed by atoms with Crippen LogP contribution >= 0.6 is 11.6 Å². The average molecular weight is 283 g/mol. The molecule has 2 aromatic heterocycles. The standard InChI is InChI=1S/C15H11ClN4/c1-10(16)14-19-12-6-4-8-18-15(12)20(14)13-7-3-2-5-11(13)9-17/h2-8,10H,1H3. The van der Waals surface area contributed by atoms with Crippen molar-refractivity contribution in [3.63, 3.8) is 0 Å². The van der Waals surface area contributed by atoms with Crippen molar-refractivity contribution in [2.45, 2.75) is 12.3 Å². The summed E-state index contributed by atoms with van der Waals surface area (Å²) in [6, 6.07) is 13.3. The molecule has 1 atom stereocenters. The second-order valence-electron chi connectivity index (χ2n) is 4.40. The van der Waals surface area contributed by atoms with Gasteiger partial charge in [0.05, 0.1) is 16.6 Å². The molecule has 0 aliphatic carbocycles. The van der Waals surface area contributed by atoms with E-state index in [0.29, 0.717) is 17.0 Å². The van der Waals surface area contributed by atoms with Gasteiger partial charge in [-0.2, -0.15) is 5.26 Å². The second-order valence-corrected chi connectivity index (χ2v) is 5.05. The van der Waals surface area contributed by atoms with E-state index in [-0.39, 0.29) is 5.38 Å². The molecule has 0 spiro atoms. The van der Waals surface area contributed by atoms with Crippen LogP contribution in [0.5, 0.6) is 0 Å². The molecule has 0 radical (unpaired) electrons. The van der Waals surface area contributed by atoms with Crippen LogP contribution < -0.4 is 0 Å². The summed E-state index contributed by atoms with van der Waals surface area (Å²) >= 11 is 6.23. The van der Waals surface area contributed by atoms with Gasteiger partial charge in [0.15, 0.2) is 5.65 Å². The fourth-order valence-electron chi connectivity index (χ4n) is 2.20. The van der Waals surface area contributed by atoms with Crippen LogP contribution in [-0.2, 0) is 0 Å². The van der Waals surface area contributed by atoms with Crippen molar-refractivity contribution >= 4 is 22.8 Å². The average Bonchev–Trinajstić information content (AvgIpc) is 2.86. The highest BCUT2D eigenvalue weighted by molar-refractivity contribution is 6.20. The van der Waals surface area contributed by atoms with Gasteiger partial charge < -0.3 is 0 Å². The van der Waals surface area contributed by atoms with Gasteiger partial charge in [-0.05, 0) is 31.2 Å². The van der Waals surface area contributed by atoms with E-state index in [2.05, 4.69) is 16.0 Å². The first kappa shape index (κ1) is 12.6. The highest BCUT2D eigenvalue weighted by Gasteiger charge is 2.18. The zero-order valence-electron chi connectivity index (χ0n) is 10.8. The van der Waals surface area contributed by atoms with E-state index in [4.69, 9.17) is 11.6 Å². The number of hydrogen-bond donors (Lipinski definition) is 0. The number of nitrogens with zero attached hydrogens (tertiary/aromatic N) is 4. The summed E-state index contributed by atoms with van der Waals surface area (Å²) in [5.74, 6) is 0.683.